The molecule has 0 unspecified atom stereocenters. The van der Waals surface area contributed by atoms with Crippen LogP contribution in [-0.4, -0.2) is 30.5 Å². The Kier molecular flexibility index (Phi) is 6.11. The van der Waals surface area contributed by atoms with Crippen LogP contribution in [0.15, 0.2) is 48.7 Å². The van der Waals surface area contributed by atoms with E-state index in [1.54, 1.807) is 25.4 Å². The highest BCUT2D eigenvalue weighted by atomic mass is 16.5. The molecule has 1 aromatic heterocycles. The predicted octanol–water partition coefficient (Wildman–Crippen LogP) is 1.07. The second-order valence-corrected chi connectivity index (χ2v) is 4.82. The molecule has 0 fully saturated rings. The van der Waals surface area contributed by atoms with Crippen molar-refractivity contribution >= 4 is 11.8 Å². The molecular formula is C17H19N3O3. The van der Waals surface area contributed by atoms with Crippen molar-refractivity contribution in [2.24, 2.45) is 0 Å². The molecule has 0 aliphatic heterocycles. The van der Waals surface area contributed by atoms with Gasteiger partial charge >= 0.3 is 11.8 Å². The summed E-state index contributed by atoms with van der Waals surface area (Å²) in [6.45, 7) is 0.579. The van der Waals surface area contributed by atoms with Gasteiger partial charge in [-0.25, -0.2) is 0 Å². The maximum atomic E-state index is 11.7. The zero-order chi connectivity index (χ0) is 16.5. The van der Waals surface area contributed by atoms with Gasteiger partial charge in [0.25, 0.3) is 0 Å². The first-order valence-corrected chi connectivity index (χ1v) is 7.28. The number of aromatic nitrogens is 1. The van der Waals surface area contributed by atoms with Gasteiger partial charge in [-0.3, -0.25) is 14.6 Å². The molecule has 2 rings (SSSR count). The fraction of sp³-hybridized carbons (Fsp3) is 0.235. The van der Waals surface area contributed by atoms with Gasteiger partial charge in [-0.05, 0) is 30.2 Å². The van der Waals surface area contributed by atoms with E-state index < -0.39 is 11.8 Å². The van der Waals surface area contributed by atoms with Crippen LogP contribution in [0.25, 0.3) is 0 Å². The minimum absolute atomic E-state index is 0.222. The number of amides is 2. The van der Waals surface area contributed by atoms with E-state index in [2.05, 4.69) is 15.6 Å². The Morgan fingerprint density at radius 2 is 1.78 bits per heavy atom. The first-order valence-electron chi connectivity index (χ1n) is 7.28. The van der Waals surface area contributed by atoms with Gasteiger partial charge in [0, 0.05) is 12.7 Å². The van der Waals surface area contributed by atoms with Crippen molar-refractivity contribution in [3.63, 3.8) is 0 Å². The molecule has 0 spiro atoms. The van der Waals surface area contributed by atoms with E-state index in [0.717, 1.165) is 11.3 Å². The number of carbonyl (C=O) groups is 2. The van der Waals surface area contributed by atoms with Gasteiger partial charge in [0.2, 0.25) is 0 Å². The molecule has 0 atom stereocenters. The number of nitrogens with one attached hydrogen (secondary N) is 2. The Bertz CT molecular complexity index is 659. The lowest BCUT2D eigenvalue weighted by atomic mass is 10.1. The minimum Gasteiger partial charge on any atom is -0.496 e. The largest absolute Gasteiger partial charge is 0.496 e. The Hall–Kier alpha value is -2.89. The second kappa shape index (κ2) is 8.53. The standard InChI is InChI=1S/C17H19N3O3/c1-23-15-8-3-2-6-13(15)9-11-19-16(21)17(22)20-12-14-7-4-5-10-18-14/h2-8,10H,9,11-12H2,1H3,(H,19,21)(H,20,22). The monoisotopic (exact) mass is 313 g/mol. The van der Waals surface area contributed by atoms with Gasteiger partial charge < -0.3 is 15.4 Å². The number of nitrogens with zero attached hydrogens (tertiary/aromatic N) is 1. The summed E-state index contributed by atoms with van der Waals surface area (Å²) >= 11 is 0. The fourth-order valence-corrected chi connectivity index (χ4v) is 2.05. The number of carbonyl (C=O) groups excluding carboxylic acids is 2. The van der Waals surface area contributed by atoms with Gasteiger partial charge in [0.1, 0.15) is 5.75 Å². The fourth-order valence-electron chi connectivity index (χ4n) is 2.05. The third-order valence-corrected chi connectivity index (χ3v) is 3.23. The Balaban J connectivity index is 1.75. The third-order valence-electron chi connectivity index (χ3n) is 3.23. The van der Waals surface area contributed by atoms with Crippen LogP contribution < -0.4 is 15.4 Å². The lowest BCUT2D eigenvalue weighted by Crippen LogP contribution is -2.40. The number of hydrogen-bond donors (Lipinski definition) is 2. The number of pyridine rings is 1. The van der Waals surface area contributed by atoms with Crippen LogP contribution in [0, 0.1) is 0 Å². The molecule has 0 saturated carbocycles. The van der Waals surface area contributed by atoms with E-state index in [-0.39, 0.29) is 6.54 Å². The predicted molar refractivity (Wildman–Crippen MR) is 85.8 cm³/mol. The van der Waals surface area contributed by atoms with Crippen LogP contribution >= 0.6 is 0 Å². The second-order valence-electron chi connectivity index (χ2n) is 4.82. The van der Waals surface area contributed by atoms with Crippen molar-refractivity contribution in [3.8, 4) is 5.75 Å². The summed E-state index contributed by atoms with van der Waals surface area (Å²) in [6, 6.07) is 13.0. The highest BCUT2D eigenvalue weighted by Gasteiger charge is 2.12. The lowest BCUT2D eigenvalue weighted by Gasteiger charge is -2.09. The molecule has 1 heterocycles. The summed E-state index contributed by atoms with van der Waals surface area (Å²) in [7, 11) is 1.60. The highest BCUT2D eigenvalue weighted by molar-refractivity contribution is 6.35. The summed E-state index contributed by atoms with van der Waals surface area (Å²) in [4.78, 5) is 27.5. The smallest absolute Gasteiger partial charge is 0.309 e. The van der Waals surface area contributed by atoms with E-state index in [4.69, 9.17) is 4.74 Å². The quantitative estimate of drug-likeness (QED) is 0.782. The van der Waals surface area contributed by atoms with Crippen molar-refractivity contribution in [1.29, 1.82) is 0 Å². The summed E-state index contributed by atoms with van der Waals surface area (Å²) in [6.07, 6.45) is 2.22. The molecule has 0 aliphatic rings. The SMILES string of the molecule is COc1ccccc1CCNC(=O)C(=O)NCc1ccccn1. The van der Waals surface area contributed by atoms with Crippen molar-refractivity contribution in [1.82, 2.24) is 15.6 Å². The van der Waals surface area contributed by atoms with E-state index in [0.29, 0.717) is 18.7 Å². The van der Waals surface area contributed by atoms with Crippen molar-refractivity contribution in [2.45, 2.75) is 13.0 Å². The molecular weight excluding hydrogens is 294 g/mol. The van der Waals surface area contributed by atoms with Gasteiger partial charge in [-0.1, -0.05) is 24.3 Å². The lowest BCUT2D eigenvalue weighted by molar-refractivity contribution is -0.139. The molecule has 0 bridgehead atoms. The van der Waals surface area contributed by atoms with Gasteiger partial charge in [-0.2, -0.15) is 0 Å². The maximum absolute atomic E-state index is 11.7. The molecule has 0 aliphatic carbocycles. The number of ether oxygens (including phenoxy) is 1. The topological polar surface area (TPSA) is 80.3 Å². The van der Waals surface area contributed by atoms with Crippen molar-refractivity contribution in [2.75, 3.05) is 13.7 Å². The van der Waals surface area contributed by atoms with Crippen LogP contribution in [-0.2, 0) is 22.6 Å². The molecule has 2 amide bonds. The molecule has 1 aromatic carbocycles. The number of hydrogen-bond acceptors (Lipinski definition) is 4. The van der Waals surface area contributed by atoms with Gasteiger partial charge in [0.05, 0.1) is 19.3 Å². The first-order chi connectivity index (χ1) is 11.2. The van der Waals surface area contributed by atoms with Crippen LogP contribution in [0.4, 0.5) is 0 Å². The Morgan fingerprint density at radius 1 is 1.04 bits per heavy atom. The summed E-state index contributed by atoms with van der Waals surface area (Å²) in [5.74, 6) is -0.562. The van der Waals surface area contributed by atoms with Crippen molar-refractivity contribution < 1.29 is 14.3 Å². The van der Waals surface area contributed by atoms with Crippen LogP contribution in [0.2, 0.25) is 0 Å². The molecule has 6 heteroatoms. The molecule has 6 nitrogen and oxygen atoms in total. The van der Waals surface area contributed by atoms with Gasteiger partial charge in [-0.15, -0.1) is 0 Å². The van der Waals surface area contributed by atoms with E-state index >= 15 is 0 Å². The van der Waals surface area contributed by atoms with Crippen LogP contribution in [0.1, 0.15) is 11.3 Å². The number of benzene rings is 1. The molecule has 0 saturated heterocycles. The van der Waals surface area contributed by atoms with E-state index in [1.807, 2.05) is 30.3 Å². The normalized spacial score (nSPS) is 9.96. The maximum Gasteiger partial charge on any atom is 0.309 e. The molecule has 120 valence electrons. The zero-order valence-electron chi connectivity index (χ0n) is 12.9. The summed E-state index contributed by atoms with van der Waals surface area (Å²) < 4.78 is 5.24. The van der Waals surface area contributed by atoms with E-state index in [1.165, 1.54) is 0 Å². The van der Waals surface area contributed by atoms with E-state index in [9.17, 15) is 9.59 Å². The van der Waals surface area contributed by atoms with Crippen molar-refractivity contribution in [3.05, 3.63) is 59.9 Å². The number of para-hydroxylation sites is 1. The first kappa shape index (κ1) is 16.5. The molecule has 2 N–H and O–H groups in total. The van der Waals surface area contributed by atoms with Crippen LogP contribution in [0.5, 0.6) is 5.75 Å². The van der Waals surface area contributed by atoms with Crippen LogP contribution in [0.3, 0.4) is 0 Å². The third kappa shape index (κ3) is 5.10. The molecule has 0 radical (unpaired) electrons. The van der Waals surface area contributed by atoms with Gasteiger partial charge in [0.15, 0.2) is 0 Å². The number of methoxy groups -OCH3 is 1. The summed E-state index contributed by atoms with van der Waals surface area (Å²) in [5, 5.41) is 5.12. The number of rotatable bonds is 6. The molecule has 2 aromatic rings. The minimum atomic E-state index is -0.671. The Labute approximate surface area is 134 Å². The average Bonchev–Trinajstić information content (AvgIpc) is 2.60. The molecule has 23 heavy (non-hydrogen) atoms. The average molecular weight is 313 g/mol. The summed E-state index contributed by atoms with van der Waals surface area (Å²) in [5.41, 5.74) is 1.67. The highest BCUT2D eigenvalue weighted by Crippen LogP contribution is 2.17. The zero-order valence-corrected chi connectivity index (χ0v) is 12.9. The Morgan fingerprint density at radius 3 is 2.52 bits per heavy atom.